The first-order chi connectivity index (χ1) is 2.77. The summed E-state index contributed by atoms with van der Waals surface area (Å²) in [4.78, 5) is 10.0. The average Bonchev–Trinajstić information content (AvgIpc) is 1.35. The van der Waals surface area contributed by atoms with E-state index in [4.69, 9.17) is 0 Å². The summed E-state index contributed by atoms with van der Waals surface area (Å²) in [6.07, 6.45) is 2.19. The molecule has 0 bridgehead atoms. The van der Waals surface area contributed by atoms with Gasteiger partial charge in [-0.2, -0.15) is 0 Å². The second kappa shape index (κ2) is 3.15. The fourth-order valence-corrected chi connectivity index (χ4v) is 0.589. The van der Waals surface area contributed by atoms with E-state index in [1.165, 1.54) is 0 Å². The Balaban J connectivity index is 3.05. The van der Waals surface area contributed by atoms with Crippen LogP contribution in [0.4, 0.5) is 0 Å². The molecule has 0 aliphatic heterocycles. The molecule has 0 heterocycles. The molecule has 0 aromatic heterocycles. The summed E-state index contributed by atoms with van der Waals surface area (Å²) in [5.41, 5.74) is 0. The van der Waals surface area contributed by atoms with Gasteiger partial charge in [0.2, 0.25) is 0 Å². The maximum absolute atomic E-state index is 10.0. The van der Waals surface area contributed by atoms with Crippen LogP contribution in [0.2, 0.25) is 0 Å². The summed E-state index contributed by atoms with van der Waals surface area (Å²) in [5.74, 6) is 0. The number of rotatable bonds is 2. The summed E-state index contributed by atoms with van der Waals surface area (Å²) >= 11 is 0.756. The molecule has 0 atom stereocenters. The standard InChI is InChI=1S/C4H7GeO/c1-2-3-4(5)6/h2H,1,3,5H2. The molecule has 0 amide bonds. The van der Waals surface area contributed by atoms with E-state index in [1.54, 1.807) is 6.08 Å². The Labute approximate surface area is 45.7 Å². The van der Waals surface area contributed by atoms with E-state index in [0.717, 1.165) is 16.5 Å². The van der Waals surface area contributed by atoms with Crippen LogP contribution in [0.25, 0.3) is 0 Å². The Kier molecular flexibility index (Phi) is 3.13. The molecule has 0 spiro atoms. The van der Waals surface area contributed by atoms with Crippen LogP contribution in [-0.2, 0) is 4.79 Å². The number of hydrogen-bond donors (Lipinski definition) is 0. The molecule has 6 heavy (non-hydrogen) atoms. The summed E-state index contributed by atoms with van der Waals surface area (Å²) < 4.78 is 0.296. The van der Waals surface area contributed by atoms with Gasteiger partial charge in [0.15, 0.2) is 0 Å². The fourth-order valence-electron chi connectivity index (χ4n) is 0.161. The molecule has 0 aliphatic rings. The van der Waals surface area contributed by atoms with Crippen molar-refractivity contribution in [2.24, 2.45) is 0 Å². The van der Waals surface area contributed by atoms with E-state index < -0.39 is 0 Å². The number of carbonyl (C=O) groups excluding carboxylic acids is 1. The zero-order chi connectivity index (χ0) is 4.99. The van der Waals surface area contributed by atoms with Crippen molar-refractivity contribution in [1.29, 1.82) is 0 Å². The Morgan fingerprint density at radius 1 is 2.00 bits per heavy atom. The molecule has 0 rings (SSSR count). The summed E-state index contributed by atoms with van der Waals surface area (Å²) in [6.45, 7) is 3.40. The first-order valence-corrected chi connectivity index (χ1v) is 3.21. The molecule has 0 saturated carbocycles. The van der Waals surface area contributed by atoms with Crippen LogP contribution in [0, 0.1) is 0 Å². The Morgan fingerprint density at radius 3 is 2.50 bits per heavy atom. The molecule has 0 aromatic carbocycles. The predicted octanol–water partition coefficient (Wildman–Crippen LogP) is -0.278. The van der Waals surface area contributed by atoms with Gasteiger partial charge in [-0.1, -0.05) is 0 Å². The van der Waals surface area contributed by atoms with Crippen LogP contribution in [0.3, 0.4) is 0 Å². The quantitative estimate of drug-likeness (QED) is 0.384. The Hall–Kier alpha value is -0.0471. The zero-order valence-corrected chi connectivity index (χ0v) is 6.57. The van der Waals surface area contributed by atoms with Crippen LogP contribution >= 0.6 is 0 Å². The van der Waals surface area contributed by atoms with Crippen molar-refractivity contribution in [3.8, 4) is 0 Å². The van der Waals surface area contributed by atoms with Crippen molar-refractivity contribution < 1.29 is 4.79 Å². The van der Waals surface area contributed by atoms with Crippen molar-refractivity contribution >= 4 is 21.1 Å². The van der Waals surface area contributed by atoms with Gasteiger partial charge in [0.1, 0.15) is 0 Å². The molecule has 0 N–H and O–H groups in total. The fraction of sp³-hybridized carbons (Fsp3) is 0.250. The van der Waals surface area contributed by atoms with Crippen molar-refractivity contribution in [2.45, 2.75) is 6.42 Å². The number of carbonyl (C=O) groups is 1. The normalized spacial score (nSPS) is 7.50. The van der Waals surface area contributed by atoms with Crippen LogP contribution in [0.1, 0.15) is 6.42 Å². The van der Waals surface area contributed by atoms with Crippen molar-refractivity contribution in [1.82, 2.24) is 0 Å². The minimum absolute atomic E-state index is 0.296. The molecule has 0 fully saturated rings. The van der Waals surface area contributed by atoms with Crippen molar-refractivity contribution in [3.63, 3.8) is 0 Å². The van der Waals surface area contributed by atoms with Gasteiger partial charge < -0.3 is 0 Å². The monoisotopic (exact) mass is 145 g/mol. The third kappa shape index (κ3) is 3.95. The number of hydrogen-bond acceptors (Lipinski definition) is 1. The van der Waals surface area contributed by atoms with E-state index in [9.17, 15) is 4.79 Å². The van der Waals surface area contributed by atoms with E-state index in [0.29, 0.717) is 11.0 Å². The molecule has 1 radical (unpaired) electrons. The molecule has 1 nitrogen and oxygen atoms in total. The topological polar surface area (TPSA) is 17.1 Å². The SMILES string of the molecule is C=CC[C](=O)[GeH2]. The Morgan fingerprint density at radius 2 is 2.50 bits per heavy atom. The van der Waals surface area contributed by atoms with Crippen molar-refractivity contribution in [3.05, 3.63) is 12.7 Å². The van der Waals surface area contributed by atoms with Crippen LogP contribution < -0.4 is 0 Å². The van der Waals surface area contributed by atoms with E-state index >= 15 is 0 Å². The molecule has 0 aromatic rings. The molecular formula is C4H7GeO. The minimum atomic E-state index is 0.296. The van der Waals surface area contributed by atoms with Crippen molar-refractivity contribution in [2.75, 3.05) is 0 Å². The van der Waals surface area contributed by atoms with Crippen LogP contribution in [-0.4, -0.2) is 21.1 Å². The average molecular weight is 144 g/mol. The third-order valence-electron chi connectivity index (χ3n) is 0.372. The maximum atomic E-state index is 10.0. The van der Waals surface area contributed by atoms with E-state index in [1.807, 2.05) is 0 Å². The van der Waals surface area contributed by atoms with E-state index in [2.05, 4.69) is 6.58 Å². The second-order valence-electron chi connectivity index (χ2n) is 1.03. The second-order valence-corrected chi connectivity index (χ2v) is 2.69. The first-order valence-electron chi connectivity index (χ1n) is 1.73. The van der Waals surface area contributed by atoms with Gasteiger partial charge in [-0.05, 0) is 0 Å². The molecule has 0 aliphatic carbocycles. The van der Waals surface area contributed by atoms with Gasteiger partial charge >= 0.3 is 45.0 Å². The van der Waals surface area contributed by atoms with Gasteiger partial charge in [-0.3, -0.25) is 0 Å². The summed E-state index contributed by atoms with van der Waals surface area (Å²) in [7, 11) is 0. The van der Waals surface area contributed by atoms with E-state index in [-0.39, 0.29) is 0 Å². The Bertz CT molecular complexity index is 67.9. The third-order valence-corrected chi connectivity index (χ3v) is 0.978. The van der Waals surface area contributed by atoms with Crippen LogP contribution in [0.15, 0.2) is 12.7 Å². The van der Waals surface area contributed by atoms with Crippen LogP contribution in [0.5, 0.6) is 0 Å². The first kappa shape index (κ1) is 5.95. The molecule has 2 heteroatoms. The predicted molar refractivity (Wildman–Crippen MR) is 28.4 cm³/mol. The van der Waals surface area contributed by atoms with Gasteiger partial charge in [0.25, 0.3) is 0 Å². The summed E-state index contributed by atoms with van der Waals surface area (Å²) in [5, 5.41) is 0. The van der Waals surface area contributed by atoms with Gasteiger partial charge in [0, 0.05) is 0 Å². The summed E-state index contributed by atoms with van der Waals surface area (Å²) in [6, 6.07) is 0. The molecule has 0 saturated heterocycles. The molecule has 33 valence electrons. The number of allylic oxidation sites excluding steroid dienone is 1. The zero-order valence-electron chi connectivity index (χ0n) is 3.61. The van der Waals surface area contributed by atoms with Gasteiger partial charge in [-0.15, -0.1) is 0 Å². The van der Waals surface area contributed by atoms with Gasteiger partial charge in [-0.25, -0.2) is 0 Å². The molecular weight excluding hydrogens is 137 g/mol. The van der Waals surface area contributed by atoms with Gasteiger partial charge in [0.05, 0.1) is 0 Å². The molecule has 0 unspecified atom stereocenters.